The minimum Gasteiger partial charge on any atom is -0.496 e. The van der Waals surface area contributed by atoms with Crippen molar-refractivity contribution in [3.8, 4) is 11.4 Å². The number of hydrogen-bond donors (Lipinski definition) is 0. The molecule has 0 saturated heterocycles. The Bertz CT molecular complexity index is 507. The molecule has 0 saturated carbocycles. The highest BCUT2D eigenvalue weighted by atomic mass is 79.9. The Kier molecular flexibility index (Phi) is 3.16. The second kappa shape index (κ2) is 4.43. The quantitative estimate of drug-likeness (QED) is 0.856. The number of aryl methyl sites for hydroxylation is 1. The average molecular weight is 303 g/mol. The predicted octanol–water partition coefficient (Wildman–Crippen LogP) is 3.00. The molecule has 84 valence electrons. The molecule has 0 aliphatic heterocycles. The Morgan fingerprint density at radius 3 is 2.62 bits per heavy atom. The van der Waals surface area contributed by atoms with Crippen LogP contribution in [0.2, 0.25) is 5.28 Å². The molecule has 2 rings (SSSR count). The highest BCUT2D eigenvalue weighted by Gasteiger charge is 2.10. The maximum Gasteiger partial charge on any atom is 0.229 e. The van der Waals surface area contributed by atoms with Crippen LogP contribution in [-0.2, 0) is 0 Å². The number of rotatable bonds is 2. The standard InChI is InChI=1S/C10H9BrClN3O/c1-6-13-14-10(12)15(6)7-3-4-9(16-2)8(11)5-7/h3-5H,1-2H3. The summed E-state index contributed by atoms with van der Waals surface area (Å²) in [5, 5.41) is 8.04. The topological polar surface area (TPSA) is 39.9 Å². The van der Waals surface area contributed by atoms with E-state index < -0.39 is 0 Å². The van der Waals surface area contributed by atoms with Crippen LogP contribution in [0.25, 0.3) is 5.69 Å². The molecule has 1 heterocycles. The lowest BCUT2D eigenvalue weighted by atomic mass is 10.3. The molecule has 0 atom stereocenters. The van der Waals surface area contributed by atoms with E-state index in [1.807, 2.05) is 25.1 Å². The molecule has 1 aromatic carbocycles. The van der Waals surface area contributed by atoms with E-state index in [4.69, 9.17) is 16.3 Å². The Hall–Kier alpha value is -1.07. The summed E-state index contributed by atoms with van der Waals surface area (Å²) in [6, 6.07) is 5.65. The summed E-state index contributed by atoms with van der Waals surface area (Å²) in [6.07, 6.45) is 0. The second-order valence-corrected chi connectivity index (χ2v) is 4.36. The Morgan fingerprint density at radius 2 is 2.12 bits per heavy atom. The minimum absolute atomic E-state index is 0.342. The summed E-state index contributed by atoms with van der Waals surface area (Å²) in [7, 11) is 1.62. The first-order chi connectivity index (χ1) is 7.63. The number of benzene rings is 1. The molecule has 6 heteroatoms. The van der Waals surface area contributed by atoms with Crippen LogP contribution in [0.3, 0.4) is 0 Å². The third-order valence-electron chi connectivity index (χ3n) is 2.18. The van der Waals surface area contributed by atoms with Gasteiger partial charge in [0.05, 0.1) is 17.3 Å². The largest absolute Gasteiger partial charge is 0.496 e. The Balaban J connectivity index is 2.53. The molecule has 2 aromatic rings. The zero-order chi connectivity index (χ0) is 11.7. The zero-order valence-electron chi connectivity index (χ0n) is 8.74. The minimum atomic E-state index is 0.342. The lowest BCUT2D eigenvalue weighted by molar-refractivity contribution is 0.412. The van der Waals surface area contributed by atoms with Gasteiger partial charge in [0.15, 0.2) is 0 Å². The number of halogens is 2. The molecule has 0 radical (unpaired) electrons. The Labute approximate surface area is 106 Å². The van der Waals surface area contributed by atoms with Gasteiger partial charge in [-0.25, -0.2) is 0 Å². The van der Waals surface area contributed by atoms with Gasteiger partial charge in [-0.15, -0.1) is 10.2 Å². The molecule has 0 aliphatic carbocycles. The molecule has 1 aromatic heterocycles. The predicted molar refractivity (Wildman–Crippen MR) is 65.4 cm³/mol. The third-order valence-corrected chi connectivity index (χ3v) is 3.04. The monoisotopic (exact) mass is 301 g/mol. The SMILES string of the molecule is COc1ccc(-n2c(C)nnc2Cl)cc1Br. The fourth-order valence-corrected chi connectivity index (χ4v) is 2.21. The van der Waals surface area contributed by atoms with Crippen molar-refractivity contribution in [2.75, 3.05) is 7.11 Å². The van der Waals surface area contributed by atoms with Gasteiger partial charge in [0.2, 0.25) is 5.28 Å². The van der Waals surface area contributed by atoms with Crippen molar-refractivity contribution >= 4 is 27.5 Å². The smallest absolute Gasteiger partial charge is 0.229 e. The molecule has 0 aliphatic rings. The summed E-state index contributed by atoms with van der Waals surface area (Å²) < 4.78 is 7.77. The number of aromatic nitrogens is 3. The van der Waals surface area contributed by atoms with Crippen molar-refractivity contribution in [3.63, 3.8) is 0 Å². The molecule has 0 unspecified atom stereocenters. The first-order valence-electron chi connectivity index (χ1n) is 4.55. The Morgan fingerprint density at radius 1 is 1.38 bits per heavy atom. The molecule has 4 nitrogen and oxygen atoms in total. The van der Waals surface area contributed by atoms with Crippen LogP contribution in [0.5, 0.6) is 5.75 Å². The van der Waals surface area contributed by atoms with E-state index in [1.54, 1.807) is 11.7 Å². The van der Waals surface area contributed by atoms with E-state index >= 15 is 0 Å². The molecule has 16 heavy (non-hydrogen) atoms. The van der Waals surface area contributed by atoms with Crippen LogP contribution >= 0.6 is 27.5 Å². The molecule has 0 spiro atoms. The third kappa shape index (κ3) is 1.92. The zero-order valence-corrected chi connectivity index (χ0v) is 11.1. The highest BCUT2D eigenvalue weighted by molar-refractivity contribution is 9.10. The van der Waals surface area contributed by atoms with Gasteiger partial charge < -0.3 is 4.74 Å². The maximum absolute atomic E-state index is 5.95. The van der Waals surface area contributed by atoms with Crippen LogP contribution < -0.4 is 4.74 Å². The summed E-state index contributed by atoms with van der Waals surface area (Å²) in [4.78, 5) is 0. The molecule has 0 fully saturated rings. The fraction of sp³-hybridized carbons (Fsp3) is 0.200. The van der Waals surface area contributed by atoms with E-state index in [2.05, 4.69) is 26.1 Å². The number of hydrogen-bond acceptors (Lipinski definition) is 3. The summed E-state index contributed by atoms with van der Waals surface area (Å²) in [6.45, 7) is 1.84. The molecule has 0 N–H and O–H groups in total. The van der Waals surface area contributed by atoms with Gasteiger partial charge in [0, 0.05) is 0 Å². The molecular weight excluding hydrogens is 293 g/mol. The van der Waals surface area contributed by atoms with Crippen LogP contribution in [0.15, 0.2) is 22.7 Å². The van der Waals surface area contributed by atoms with Crippen molar-refractivity contribution in [1.82, 2.24) is 14.8 Å². The number of methoxy groups -OCH3 is 1. The average Bonchev–Trinajstić information content (AvgIpc) is 2.58. The summed E-state index contributed by atoms with van der Waals surface area (Å²) in [5.41, 5.74) is 0.889. The van der Waals surface area contributed by atoms with Gasteiger partial charge >= 0.3 is 0 Å². The van der Waals surface area contributed by atoms with Crippen molar-refractivity contribution < 1.29 is 4.74 Å². The normalized spacial score (nSPS) is 10.5. The van der Waals surface area contributed by atoms with Gasteiger partial charge in [-0.05, 0) is 52.7 Å². The maximum atomic E-state index is 5.95. The van der Waals surface area contributed by atoms with E-state index in [9.17, 15) is 0 Å². The van der Waals surface area contributed by atoms with Gasteiger partial charge in [0.25, 0.3) is 0 Å². The van der Waals surface area contributed by atoms with Gasteiger partial charge in [-0.3, -0.25) is 4.57 Å². The lowest BCUT2D eigenvalue weighted by Crippen LogP contribution is -1.97. The van der Waals surface area contributed by atoms with Crippen LogP contribution in [-0.4, -0.2) is 21.9 Å². The fourth-order valence-electron chi connectivity index (χ4n) is 1.42. The first-order valence-corrected chi connectivity index (χ1v) is 5.72. The van der Waals surface area contributed by atoms with Crippen molar-refractivity contribution in [2.45, 2.75) is 6.92 Å². The number of ether oxygens (including phenoxy) is 1. The molecule has 0 amide bonds. The van der Waals surface area contributed by atoms with Crippen LogP contribution in [0.1, 0.15) is 5.82 Å². The van der Waals surface area contributed by atoms with Gasteiger partial charge in [0.1, 0.15) is 11.6 Å². The van der Waals surface area contributed by atoms with E-state index in [0.29, 0.717) is 5.28 Å². The highest BCUT2D eigenvalue weighted by Crippen LogP contribution is 2.28. The number of nitrogens with zero attached hydrogens (tertiary/aromatic N) is 3. The van der Waals surface area contributed by atoms with Gasteiger partial charge in [-0.1, -0.05) is 0 Å². The van der Waals surface area contributed by atoms with Crippen molar-refractivity contribution in [3.05, 3.63) is 33.8 Å². The van der Waals surface area contributed by atoms with E-state index in [1.165, 1.54) is 0 Å². The molecule has 0 bridgehead atoms. The van der Waals surface area contributed by atoms with Crippen LogP contribution in [0, 0.1) is 6.92 Å². The first kappa shape index (κ1) is 11.4. The van der Waals surface area contributed by atoms with Gasteiger partial charge in [-0.2, -0.15) is 0 Å². The van der Waals surface area contributed by atoms with Crippen LogP contribution in [0.4, 0.5) is 0 Å². The van der Waals surface area contributed by atoms with E-state index in [0.717, 1.165) is 21.7 Å². The molecular formula is C10H9BrClN3O. The van der Waals surface area contributed by atoms with E-state index in [-0.39, 0.29) is 0 Å². The van der Waals surface area contributed by atoms with Crippen molar-refractivity contribution in [2.24, 2.45) is 0 Å². The lowest BCUT2D eigenvalue weighted by Gasteiger charge is -2.08. The summed E-state index contributed by atoms with van der Waals surface area (Å²) in [5.74, 6) is 1.51. The second-order valence-electron chi connectivity index (χ2n) is 3.17. The summed E-state index contributed by atoms with van der Waals surface area (Å²) >= 11 is 9.37. The van der Waals surface area contributed by atoms with Crippen molar-refractivity contribution in [1.29, 1.82) is 0 Å².